The van der Waals surface area contributed by atoms with Crippen LogP contribution in [0.1, 0.15) is 57.2 Å². The van der Waals surface area contributed by atoms with Crippen LogP contribution in [-0.2, 0) is 9.31 Å². The Balaban J connectivity index is 2.00. The third-order valence-electron chi connectivity index (χ3n) is 5.91. The molecule has 1 fully saturated rings. The largest absolute Gasteiger partial charge is 0.461 e. The fourth-order valence-corrected chi connectivity index (χ4v) is 3.62. The molecule has 3 heteroatoms. The smallest absolute Gasteiger partial charge is 0.403 e. The van der Waals surface area contributed by atoms with Gasteiger partial charge in [-0.05, 0) is 51.3 Å². The molecule has 0 spiro atoms. The van der Waals surface area contributed by atoms with E-state index in [1.807, 2.05) is 0 Å². The lowest BCUT2D eigenvalue weighted by Crippen LogP contribution is -2.41. The van der Waals surface area contributed by atoms with Crippen molar-refractivity contribution in [3.8, 4) is 0 Å². The molecule has 2 aromatic carbocycles. The van der Waals surface area contributed by atoms with Gasteiger partial charge in [0.1, 0.15) is 0 Å². The number of benzene rings is 2. The van der Waals surface area contributed by atoms with Crippen molar-refractivity contribution in [2.24, 2.45) is 0 Å². The Kier molecular flexibility index (Phi) is 4.83. The second kappa shape index (κ2) is 6.62. The third kappa shape index (κ3) is 3.40. The van der Waals surface area contributed by atoms with Gasteiger partial charge in [0.25, 0.3) is 0 Å². The molecule has 1 heterocycles. The first kappa shape index (κ1) is 18.2. The van der Waals surface area contributed by atoms with Gasteiger partial charge in [0.2, 0.25) is 0 Å². The van der Waals surface area contributed by atoms with Gasteiger partial charge in [0, 0.05) is 11.7 Å². The molecule has 0 unspecified atom stereocenters. The summed E-state index contributed by atoms with van der Waals surface area (Å²) >= 11 is 0. The van der Waals surface area contributed by atoms with Crippen molar-refractivity contribution >= 4 is 7.12 Å². The number of rotatable bonds is 4. The summed E-state index contributed by atoms with van der Waals surface area (Å²) in [7, 11) is -0.227. The van der Waals surface area contributed by atoms with Gasteiger partial charge in [-0.2, -0.15) is 0 Å². The molecule has 2 atom stereocenters. The molecule has 0 aromatic heterocycles. The van der Waals surface area contributed by atoms with Gasteiger partial charge in [0.15, 0.2) is 0 Å². The fourth-order valence-electron chi connectivity index (χ4n) is 3.62. The highest BCUT2D eigenvalue weighted by molar-refractivity contribution is 6.47. The van der Waals surface area contributed by atoms with Gasteiger partial charge in [-0.25, -0.2) is 0 Å². The first-order valence-corrected chi connectivity index (χ1v) is 9.19. The van der Waals surface area contributed by atoms with Gasteiger partial charge in [-0.15, -0.1) is 0 Å². The highest BCUT2D eigenvalue weighted by atomic mass is 16.7. The van der Waals surface area contributed by atoms with E-state index in [-0.39, 0.29) is 30.1 Å². The molecule has 0 radical (unpaired) electrons. The van der Waals surface area contributed by atoms with Crippen LogP contribution in [0, 0.1) is 6.92 Å². The van der Waals surface area contributed by atoms with E-state index in [0.717, 1.165) is 0 Å². The Morgan fingerprint density at radius 1 is 0.800 bits per heavy atom. The topological polar surface area (TPSA) is 18.5 Å². The summed E-state index contributed by atoms with van der Waals surface area (Å²) < 4.78 is 12.7. The zero-order valence-electron chi connectivity index (χ0n) is 16.2. The fraction of sp³-hybridized carbons (Fsp3) is 0.455. The molecule has 2 aromatic rings. The van der Waals surface area contributed by atoms with Crippen molar-refractivity contribution in [2.45, 2.75) is 64.5 Å². The van der Waals surface area contributed by atoms with E-state index in [4.69, 9.17) is 9.31 Å². The first-order chi connectivity index (χ1) is 11.7. The Bertz CT molecular complexity index is 708. The van der Waals surface area contributed by atoms with E-state index in [0.29, 0.717) is 0 Å². The van der Waals surface area contributed by atoms with Crippen LogP contribution in [0.3, 0.4) is 0 Å². The number of hydrogen-bond donors (Lipinski definition) is 0. The molecule has 0 N–H and O–H groups in total. The average Bonchev–Trinajstić information content (AvgIpc) is 2.78. The Morgan fingerprint density at radius 2 is 1.32 bits per heavy atom. The minimum atomic E-state index is -0.307. The van der Waals surface area contributed by atoms with E-state index in [1.54, 1.807) is 0 Å². The highest BCUT2D eigenvalue weighted by Gasteiger charge is 2.54. The molecule has 3 rings (SSSR count). The van der Waals surface area contributed by atoms with Crippen molar-refractivity contribution in [3.63, 3.8) is 0 Å². The van der Waals surface area contributed by atoms with Crippen molar-refractivity contribution < 1.29 is 9.31 Å². The summed E-state index contributed by atoms with van der Waals surface area (Å²) in [4.78, 5) is 0. The van der Waals surface area contributed by atoms with E-state index < -0.39 is 0 Å². The van der Waals surface area contributed by atoms with Crippen LogP contribution >= 0.6 is 0 Å². The molecule has 0 bridgehead atoms. The Labute approximate surface area is 152 Å². The summed E-state index contributed by atoms with van der Waals surface area (Å²) in [5, 5.41) is 0. The minimum Gasteiger partial charge on any atom is -0.403 e. The van der Waals surface area contributed by atoms with Crippen molar-refractivity contribution in [1.29, 1.82) is 0 Å². The minimum absolute atomic E-state index is 0.199. The molecule has 0 saturated carbocycles. The zero-order chi connectivity index (χ0) is 18.2. The normalized spacial score (nSPS) is 21.1. The van der Waals surface area contributed by atoms with Crippen LogP contribution in [0.5, 0.6) is 0 Å². The number of hydrogen-bond acceptors (Lipinski definition) is 2. The molecule has 0 aliphatic carbocycles. The Morgan fingerprint density at radius 3 is 1.88 bits per heavy atom. The standard InChI is InChI=1S/C22H29BO2/c1-16-12-10-11-15-19(16)20(18-13-8-7-9-14-18)17(2)23-24-21(3,4)22(5,6)25-23/h7-15,17,20H,1-6H3/t17-,20+/m1/s1. The average molecular weight is 336 g/mol. The lowest BCUT2D eigenvalue weighted by molar-refractivity contribution is 0.00578. The zero-order valence-corrected chi connectivity index (χ0v) is 16.2. The van der Waals surface area contributed by atoms with Gasteiger partial charge >= 0.3 is 7.12 Å². The van der Waals surface area contributed by atoms with Gasteiger partial charge < -0.3 is 9.31 Å². The summed E-state index contributed by atoms with van der Waals surface area (Å²) in [6.07, 6.45) is 0. The summed E-state index contributed by atoms with van der Waals surface area (Å²) in [6.45, 7) is 12.9. The molecule has 2 nitrogen and oxygen atoms in total. The SMILES string of the molecule is Cc1ccccc1[C@H](c1ccccc1)[C@@H](C)B1OC(C)(C)C(C)(C)O1. The molecule has 1 aliphatic rings. The van der Waals surface area contributed by atoms with E-state index in [9.17, 15) is 0 Å². The quantitative estimate of drug-likeness (QED) is 0.676. The predicted molar refractivity (Wildman–Crippen MR) is 105 cm³/mol. The van der Waals surface area contributed by atoms with Crippen LogP contribution in [0.25, 0.3) is 0 Å². The van der Waals surface area contributed by atoms with Crippen molar-refractivity contribution in [3.05, 3.63) is 71.3 Å². The maximum absolute atomic E-state index is 6.37. The second-order valence-corrected chi connectivity index (χ2v) is 8.23. The molecular formula is C22H29BO2. The van der Waals surface area contributed by atoms with E-state index in [1.165, 1.54) is 16.7 Å². The lowest BCUT2D eigenvalue weighted by Gasteiger charge is -2.32. The highest BCUT2D eigenvalue weighted by Crippen LogP contribution is 2.46. The summed E-state index contributed by atoms with van der Waals surface area (Å²) in [6, 6.07) is 19.3. The van der Waals surface area contributed by atoms with Gasteiger partial charge in [-0.1, -0.05) is 61.5 Å². The molecule has 25 heavy (non-hydrogen) atoms. The van der Waals surface area contributed by atoms with E-state index in [2.05, 4.69) is 96.1 Å². The third-order valence-corrected chi connectivity index (χ3v) is 5.91. The first-order valence-electron chi connectivity index (χ1n) is 9.19. The van der Waals surface area contributed by atoms with Gasteiger partial charge in [-0.3, -0.25) is 0 Å². The second-order valence-electron chi connectivity index (χ2n) is 8.23. The predicted octanol–water partition coefficient (Wildman–Crippen LogP) is 5.61. The molecule has 132 valence electrons. The van der Waals surface area contributed by atoms with Crippen LogP contribution in [-0.4, -0.2) is 18.3 Å². The lowest BCUT2D eigenvalue weighted by atomic mass is 9.62. The van der Waals surface area contributed by atoms with Crippen LogP contribution in [0.15, 0.2) is 54.6 Å². The monoisotopic (exact) mass is 336 g/mol. The van der Waals surface area contributed by atoms with Crippen LogP contribution in [0.2, 0.25) is 5.82 Å². The van der Waals surface area contributed by atoms with Crippen molar-refractivity contribution in [2.75, 3.05) is 0 Å². The van der Waals surface area contributed by atoms with Crippen molar-refractivity contribution in [1.82, 2.24) is 0 Å². The van der Waals surface area contributed by atoms with E-state index >= 15 is 0 Å². The molecule has 0 amide bonds. The van der Waals surface area contributed by atoms with Crippen LogP contribution < -0.4 is 0 Å². The molecule has 1 aliphatic heterocycles. The van der Waals surface area contributed by atoms with Gasteiger partial charge in [0.05, 0.1) is 11.2 Å². The summed E-state index contributed by atoms with van der Waals surface area (Å²) in [5.41, 5.74) is 3.34. The maximum Gasteiger partial charge on any atom is 0.461 e. The number of aryl methyl sites for hydroxylation is 1. The maximum atomic E-state index is 6.37. The van der Waals surface area contributed by atoms with Crippen LogP contribution in [0.4, 0.5) is 0 Å². The Hall–Kier alpha value is -1.58. The molecule has 1 saturated heterocycles. The summed E-state index contributed by atoms with van der Waals surface area (Å²) in [5.74, 6) is 0.432. The molecular weight excluding hydrogens is 307 g/mol.